The number of nitrogens with zero attached hydrogens (tertiary/aromatic N) is 4. The van der Waals surface area contributed by atoms with Gasteiger partial charge in [0.25, 0.3) is 5.91 Å². The van der Waals surface area contributed by atoms with Gasteiger partial charge in [-0.15, -0.1) is 21.5 Å². The monoisotopic (exact) mass is 540 g/mol. The Bertz CT molecular complexity index is 1410. The van der Waals surface area contributed by atoms with Gasteiger partial charge in [0.2, 0.25) is 11.8 Å². The molecular weight excluding hydrogens is 508 g/mol. The highest BCUT2D eigenvalue weighted by atomic mass is 32.1. The van der Waals surface area contributed by atoms with Crippen LogP contribution in [0.15, 0.2) is 88.8 Å². The molecule has 4 aromatic rings. The molecule has 2 aromatic carbocycles. The fourth-order valence-corrected chi connectivity index (χ4v) is 5.44. The lowest BCUT2D eigenvalue weighted by molar-refractivity contribution is 0.0740. The van der Waals surface area contributed by atoms with Gasteiger partial charge in [0.15, 0.2) is 0 Å². The second-order valence-electron chi connectivity index (χ2n) is 9.53. The molecule has 0 saturated carbocycles. The van der Waals surface area contributed by atoms with Crippen LogP contribution < -0.4 is 5.32 Å². The summed E-state index contributed by atoms with van der Waals surface area (Å²) < 4.78 is 5.52. The van der Waals surface area contributed by atoms with Gasteiger partial charge in [0, 0.05) is 50.1 Å². The number of carbonyl (C=O) groups is 1. The van der Waals surface area contributed by atoms with Crippen LogP contribution in [0, 0.1) is 12.3 Å². The molecule has 8 nitrogen and oxygen atoms in total. The second kappa shape index (κ2) is 12.6. The van der Waals surface area contributed by atoms with Crippen LogP contribution >= 0.6 is 11.3 Å². The van der Waals surface area contributed by atoms with Crippen molar-refractivity contribution in [3.05, 3.63) is 101 Å². The molecule has 0 spiro atoms. The van der Waals surface area contributed by atoms with Gasteiger partial charge < -0.3 is 14.6 Å². The molecule has 3 heterocycles. The number of rotatable bonds is 9. The molecule has 1 saturated heterocycles. The van der Waals surface area contributed by atoms with Gasteiger partial charge in [-0.05, 0) is 60.5 Å². The average molecular weight is 541 g/mol. The number of nitrogens with one attached hydrogen (secondary N) is 2. The molecule has 0 unspecified atom stereocenters. The van der Waals surface area contributed by atoms with Crippen LogP contribution in [0.5, 0.6) is 0 Å². The first-order chi connectivity index (χ1) is 19.1. The molecule has 9 heteroatoms. The molecule has 0 radical (unpaired) electrons. The third-order valence-electron chi connectivity index (χ3n) is 6.82. The quantitative estimate of drug-likeness (QED) is 0.204. The minimum atomic E-state index is -0.115. The van der Waals surface area contributed by atoms with Crippen molar-refractivity contribution in [2.24, 2.45) is 0 Å². The van der Waals surface area contributed by atoms with Gasteiger partial charge in [-0.1, -0.05) is 42.5 Å². The summed E-state index contributed by atoms with van der Waals surface area (Å²) in [6, 6.07) is 21.8. The summed E-state index contributed by atoms with van der Waals surface area (Å²) in [6.07, 6.45) is 6.03. The predicted molar refractivity (Wildman–Crippen MR) is 155 cm³/mol. The summed E-state index contributed by atoms with van der Waals surface area (Å²) >= 11 is 1.41. The van der Waals surface area contributed by atoms with E-state index < -0.39 is 0 Å². The SMILES string of the molecule is Cc1nnc(-c2cccc(N/C=C\C(=N)N(C(=O)c3cccs3)C3CCN(CCc4ccccc4)CC3)c2)o1. The number of amides is 1. The van der Waals surface area contributed by atoms with Crippen molar-refractivity contribution < 1.29 is 9.21 Å². The topological polar surface area (TPSA) is 98.3 Å². The van der Waals surface area contributed by atoms with Crippen molar-refractivity contribution in [3.8, 4) is 11.5 Å². The number of piperidine rings is 1. The molecule has 0 atom stereocenters. The summed E-state index contributed by atoms with van der Waals surface area (Å²) in [5.74, 6) is 1.02. The van der Waals surface area contributed by atoms with Gasteiger partial charge >= 0.3 is 0 Å². The fourth-order valence-electron chi connectivity index (χ4n) is 4.78. The highest BCUT2D eigenvalue weighted by Crippen LogP contribution is 2.23. The van der Waals surface area contributed by atoms with Crippen molar-refractivity contribution >= 4 is 28.8 Å². The first-order valence-corrected chi connectivity index (χ1v) is 14.0. The van der Waals surface area contributed by atoms with Crippen LogP contribution in [0.4, 0.5) is 5.69 Å². The highest BCUT2D eigenvalue weighted by Gasteiger charge is 2.31. The predicted octanol–water partition coefficient (Wildman–Crippen LogP) is 5.86. The molecule has 0 aliphatic carbocycles. The summed E-state index contributed by atoms with van der Waals surface area (Å²) in [6.45, 7) is 4.57. The Kier molecular flexibility index (Phi) is 8.60. The maximum Gasteiger partial charge on any atom is 0.269 e. The van der Waals surface area contributed by atoms with E-state index in [2.05, 4.69) is 44.7 Å². The normalized spacial score (nSPS) is 14.5. The van der Waals surface area contributed by atoms with E-state index >= 15 is 0 Å². The van der Waals surface area contributed by atoms with Crippen molar-refractivity contribution in [2.75, 3.05) is 25.0 Å². The Labute approximate surface area is 232 Å². The van der Waals surface area contributed by atoms with Crippen LogP contribution in [0.2, 0.25) is 0 Å². The number of likely N-dealkylation sites (tertiary alicyclic amines) is 1. The van der Waals surface area contributed by atoms with Gasteiger partial charge in [-0.3, -0.25) is 15.1 Å². The zero-order valence-electron chi connectivity index (χ0n) is 21.9. The lowest BCUT2D eigenvalue weighted by Gasteiger charge is -2.38. The Morgan fingerprint density at radius 1 is 1.13 bits per heavy atom. The van der Waals surface area contributed by atoms with Crippen LogP contribution in [0.25, 0.3) is 11.5 Å². The standard InChI is InChI=1S/C30H32N6O2S/c1-22-33-34-29(38-22)24-9-5-10-25(21-24)32-16-12-28(31)36(30(37)27-11-6-20-39-27)26-14-18-35(19-15-26)17-13-23-7-3-2-4-8-23/h2-12,16,20-21,26,31-32H,13-15,17-19H2,1H3/b16-12-,31-28?. The third kappa shape index (κ3) is 6.87. The Morgan fingerprint density at radius 3 is 2.67 bits per heavy atom. The van der Waals surface area contributed by atoms with Crippen molar-refractivity contribution in [3.63, 3.8) is 0 Å². The smallest absolute Gasteiger partial charge is 0.269 e. The molecule has 2 aromatic heterocycles. The molecular formula is C30H32N6O2S. The molecule has 2 N–H and O–H groups in total. The van der Waals surface area contributed by atoms with E-state index in [1.807, 2.05) is 47.8 Å². The molecule has 1 aliphatic heterocycles. The number of aromatic nitrogens is 2. The highest BCUT2D eigenvalue weighted by molar-refractivity contribution is 7.12. The summed E-state index contributed by atoms with van der Waals surface area (Å²) in [7, 11) is 0. The molecule has 1 aliphatic rings. The maximum absolute atomic E-state index is 13.5. The Hall–Kier alpha value is -4.08. The number of aryl methyl sites for hydroxylation is 1. The molecule has 39 heavy (non-hydrogen) atoms. The lowest BCUT2D eigenvalue weighted by Crippen LogP contribution is -2.49. The summed E-state index contributed by atoms with van der Waals surface area (Å²) in [4.78, 5) is 18.2. The molecule has 1 fully saturated rings. The number of carbonyl (C=O) groups excluding carboxylic acids is 1. The number of hydrogen-bond donors (Lipinski definition) is 2. The van der Waals surface area contributed by atoms with Crippen LogP contribution in [-0.4, -0.2) is 57.4 Å². The van der Waals surface area contributed by atoms with Gasteiger partial charge in [-0.2, -0.15) is 0 Å². The van der Waals surface area contributed by atoms with E-state index in [0.717, 1.165) is 50.1 Å². The number of anilines is 1. The minimum Gasteiger partial charge on any atom is -0.421 e. The Morgan fingerprint density at radius 2 is 1.95 bits per heavy atom. The number of benzene rings is 2. The fraction of sp³-hybridized carbons (Fsp3) is 0.267. The van der Waals surface area contributed by atoms with E-state index in [9.17, 15) is 4.79 Å². The van der Waals surface area contributed by atoms with E-state index in [-0.39, 0.29) is 17.8 Å². The van der Waals surface area contributed by atoms with Crippen molar-refractivity contribution in [2.45, 2.75) is 32.2 Å². The largest absolute Gasteiger partial charge is 0.421 e. The molecule has 5 rings (SSSR count). The maximum atomic E-state index is 13.5. The first kappa shape index (κ1) is 26.5. The summed E-state index contributed by atoms with van der Waals surface area (Å²) in [5.41, 5.74) is 2.96. The number of thiophene rings is 1. The molecule has 0 bridgehead atoms. The van der Waals surface area contributed by atoms with E-state index in [1.165, 1.54) is 16.9 Å². The zero-order chi connectivity index (χ0) is 27.0. The summed E-state index contributed by atoms with van der Waals surface area (Å²) in [5, 5.41) is 21.9. The van der Waals surface area contributed by atoms with Crippen LogP contribution in [0.1, 0.15) is 34.0 Å². The average Bonchev–Trinajstić information content (AvgIpc) is 3.66. The molecule has 200 valence electrons. The van der Waals surface area contributed by atoms with Crippen molar-refractivity contribution in [1.82, 2.24) is 20.0 Å². The zero-order valence-corrected chi connectivity index (χ0v) is 22.7. The Balaban J connectivity index is 1.23. The van der Waals surface area contributed by atoms with E-state index in [4.69, 9.17) is 9.83 Å². The number of hydrogen-bond acceptors (Lipinski definition) is 8. The van der Waals surface area contributed by atoms with Crippen LogP contribution in [-0.2, 0) is 6.42 Å². The van der Waals surface area contributed by atoms with E-state index in [0.29, 0.717) is 16.7 Å². The number of amidine groups is 1. The van der Waals surface area contributed by atoms with Gasteiger partial charge in [0.05, 0.1) is 4.88 Å². The van der Waals surface area contributed by atoms with E-state index in [1.54, 1.807) is 24.1 Å². The third-order valence-corrected chi connectivity index (χ3v) is 7.68. The minimum absolute atomic E-state index is 0.0196. The van der Waals surface area contributed by atoms with Crippen molar-refractivity contribution in [1.29, 1.82) is 5.41 Å². The van der Waals surface area contributed by atoms with Crippen LogP contribution in [0.3, 0.4) is 0 Å². The lowest BCUT2D eigenvalue weighted by atomic mass is 10.0. The second-order valence-corrected chi connectivity index (χ2v) is 10.5. The first-order valence-electron chi connectivity index (χ1n) is 13.1. The van der Waals surface area contributed by atoms with Gasteiger partial charge in [-0.25, -0.2) is 0 Å². The molecule has 1 amide bonds. The van der Waals surface area contributed by atoms with Gasteiger partial charge in [0.1, 0.15) is 5.84 Å².